The van der Waals surface area contributed by atoms with Crippen molar-refractivity contribution in [2.24, 2.45) is 0 Å². The minimum atomic E-state index is -0.699. The normalized spacial score (nSPS) is 22.8. The molecule has 0 aromatic heterocycles. The van der Waals surface area contributed by atoms with Gasteiger partial charge in [0.05, 0.1) is 0 Å². The minimum absolute atomic E-state index is 0.244. The molecule has 0 saturated heterocycles. The van der Waals surface area contributed by atoms with Gasteiger partial charge in [-0.25, -0.2) is 9.18 Å². The van der Waals surface area contributed by atoms with E-state index in [1.54, 1.807) is 30.2 Å². The topological polar surface area (TPSA) is 46.6 Å². The number of benzene rings is 1. The zero-order valence-corrected chi connectivity index (χ0v) is 15.2. The first-order chi connectivity index (χ1) is 12.4. The van der Waals surface area contributed by atoms with Crippen molar-refractivity contribution >= 4 is 12.4 Å². The maximum absolute atomic E-state index is 13.0. The molecule has 1 amide bonds. The summed E-state index contributed by atoms with van der Waals surface area (Å²) in [6.07, 6.45) is 8.71. The number of carbonyl (C=O) groups excluding carboxylic acids is 2. The largest absolute Gasteiger partial charge is 0.451 e. The summed E-state index contributed by atoms with van der Waals surface area (Å²) in [6.45, 7) is 3.67. The van der Waals surface area contributed by atoms with Gasteiger partial charge in [0.2, 0.25) is 6.41 Å². The van der Waals surface area contributed by atoms with E-state index in [1.807, 2.05) is 13.0 Å². The zero-order chi connectivity index (χ0) is 18.7. The Balaban J connectivity index is 1.67. The van der Waals surface area contributed by atoms with E-state index >= 15 is 0 Å². The average Bonchev–Trinajstić information content (AvgIpc) is 3.41. The number of carbonyl (C=O) groups is 2. The number of nitrogens with zero attached hydrogens (tertiary/aromatic N) is 1. The van der Waals surface area contributed by atoms with Gasteiger partial charge in [-0.2, -0.15) is 0 Å². The molecule has 1 saturated carbocycles. The third-order valence-corrected chi connectivity index (χ3v) is 5.13. The van der Waals surface area contributed by atoms with E-state index in [-0.39, 0.29) is 17.8 Å². The number of halogens is 1. The Morgan fingerprint density at radius 3 is 2.62 bits per heavy atom. The number of esters is 1. The fraction of sp³-hybridized carbons (Fsp3) is 0.429. The summed E-state index contributed by atoms with van der Waals surface area (Å²) in [6, 6.07) is 6.75. The molecule has 2 aliphatic rings. The highest BCUT2D eigenvalue weighted by molar-refractivity contribution is 5.93. The van der Waals surface area contributed by atoms with Crippen LogP contribution in [0.4, 0.5) is 4.39 Å². The molecule has 1 heterocycles. The molecule has 1 aliphatic heterocycles. The summed E-state index contributed by atoms with van der Waals surface area (Å²) in [7, 11) is 0. The molecule has 0 N–H and O–H groups in total. The van der Waals surface area contributed by atoms with Gasteiger partial charge in [-0.3, -0.25) is 4.79 Å². The van der Waals surface area contributed by atoms with Crippen LogP contribution in [0.2, 0.25) is 0 Å². The van der Waals surface area contributed by atoms with Crippen molar-refractivity contribution < 1.29 is 18.7 Å². The SMILES string of the molecule is CC1=C(/C=C\N(C=O)C2CC2)C(C)(CCCc2ccc(F)cc2)OC1=O. The van der Waals surface area contributed by atoms with Gasteiger partial charge in [-0.1, -0.05) is 12.1 Å². The Morgan fingerprint density at radius 1 is 1.31 bits per heavy atom. The van der Waals surface area contributed by atoms with Crippen molar-refractivity contribution in [3.05, 3.63) is 59.1 Å². The van der Waals surface area contributed by atoms with Gasteiger partial charge < -0.3 is 9.64 Å². The van der Waals surface area contributed by atoms with Crippen molar-refractivity contribution in [2.45, 2.75) is 57.6 Å². The standard InChI is InChI=1S/C21H24FNO3/c1-15-19(11-13-23(14-24)18-9-10-18)21(2,26-20(15)25)12-3-4-16-5-7-17(22)8-6-16/h5-8,11,13-14,18H,3-4,9-10,12H2,1-2H3/b13-11-. The van der Waals surface area contributed by atoms with E-state index in [0.29, 0.717) is 12.0 Å². The molecule has 0 radical (unpaired) electrons. The lowest BCUT2D eigenvalue weighted by atomic mass is 9.88. The third-order valence-electron chi connectivity index (χ3n) is 5.13. The number of rotatable bonds is 8. The molecule has 3 rings (SSSR count). The van der Waals surface area contributed by atoms with E-state index < -0.39 is 5.60 Å². The molecular formula is C21H24FNO3. The first-order valence-electron chi connectivity index (χ1n) is 9.03. The maximum Gasteiger partial charge on any atom is 0.335 e. The second kappa shape index (κ2) is 7.44. The molecule has 5 heteroatoms. The molecule has 1 fully saturated rings. The summed E-state index contributed by atoms with van der Waals surface area (Å²) in [5, 5.41) is 0. The van der Waals surface area contributed by atoms with Crippen molar-refractivity contribution in [3.8, 4) is 0 Å². The Hall–Kier alpha value is -2.43. The fourth-order valence-corrected chi connectivity index (χ4v) is 3.39. The average molecular weight is 357 g/mol. The Bertz CT molecular complexity index is 749. The first-order valence-corrected chi connectivity index (χ1v) is 9.03. The number of hydrogen-bond donors (Lipinski definition) is 0. The van der Waals surface area contributed by atoms with E-state index in [2.05, 4.69) is 0 Å². The van der Waals surface area contributed by atoms with Gasteiger partial charge in [0.1, 0.15) is 11.4 Å². The van der Waals surface area contributed by atoms with E-state index in [4.69, 9.17) is 4.74 Å². The molecule has 1 aromatic carbocycles. The van der Waals surface area contributed by atoms with Gasteiger partial charge in [0.25, 0.3) is 0 Å². The predicted octanol–water partition coefficient (Wildman–Crippen LogP) is 3.91. The van der Waals surface area contributed by atoms with Gasteiger partial charge in [0, 0.05) is 23.4 Å². The van der Waals surface area contributed by atoms with Gasteiger partial charge in [0.15, 0.2) is 0 Å². The quantitative estimate of drug-likeness (QED) is 0.523. The number of cyclic esters (lactones) is 1. The molecule has 1 aliphatic carbocycles. The monoisotopic (exact) mass is 357 g/mol. The Labute approximate surface area is 153 Å². The van der Waals surface area contributed by atoms with Crippen molar-refractivity contribution in [3.63, 3.8) is 0 Å². The van der Waals surface area contributed by atoms with Crippen LogP contribution in [0.25, 0.3) is 0 Å². The number of aryl methyl sites for hydroxylation is 1. The number of ether oxygens (including phenoxy) is 1. The smallest absolute Gasteiger partial charge is 0.335 e. The summed E-state index contributed by atoms with van der Waals surface area (Å²) < 4.78 is 18.6. The van der Waals surface area contributed by atoms with Crippen LogP contribution in [0.3, 0.4) is 0 Å². The number of amides is 1. The van der Waals surface area contributed by atoms with E-state index in [1.165, 1.54) is 12.1 Å². The molecule has 1 atom stereocenters. The van der Waals surface area contributed by atoms with E-state index in [9.17, 15) is 14.0 Å². The van der Waals surface area contributed by atoms with Crippen LogP contribution < -0.4 is 0 Å². The summed E-state index contributed by atoms with van der Waals surface area (Å²) in [4.78, 5) is 24.9. The molecule has 0 spiro atoms. The van der Waals surface area contributed by atoms with Crippen LogP contribution in [-0.2, 0) is 20.7 Å². The minimum Gasteiger partial charge on any atom is -0.451 e. The number of hydrogen-bond acceptors (Lipinski definition) is 3. The molecule has 1 aromatic rings. The van der Waals surface area contributed by atoms with E-state index in [0.717, 1.165) is 43.2 Å². The van der Waals surface area contributed by atoms with Crippen LogP contribution in [0, 0.1) is 5.82 Å². The third kappa shape index (κ3) is 4.03. The van der Waals surface area contributed by atoms with Crippen LogP contribution >= 0.6 is 0 Å². The van der Waals surface area contributed by atoms with Crippen molar-refractivity contribution in [1.29, 1.82) is 0 Å². The highest BCUT2D eigenvalue weighted by atomic mass is 19.1. The molecule has 1 unspecified atom stereocenters. The highest BCUT2D eigenvalue weighted by Crippen LogP contribution is 2.38. The van der Waals surface area contributed by atoms with Gasteiger partial charge in [-0.15, -0.1) is 0 Å². The van der Waals surface area contributed by atoms with Crippen LogP contribution in [-0.4, -0.2) is 28.9 Å². The van der Waals surface area contributed by atoms with Crippen LogP contribution in [0.1, 0.15) is 45.1 Å². The Kier molecular flexibility index (Phi) is 5.25. The molecule has 0 bridgehead atoms. The zero-order valence-electron chi connectivity index (χ0n) is 15.2. The molecule has 138 valence electrons. The summed E-state index contributed by atoms with van der Waals surface area (Å²) in [5.41, 5.74) is 1.77. The fourth-order valence-electron chi connectivity index (χ4n) is 3.39. The summed E-state index contributed by atoms with van der Waals surface area (Å²) in [5.74, 6) is -0.551. The second-order valence-electron chi connectivity index (χ2n) is 7.24. The second-order valence-corrected chi connectivity index (χ2v) is 7.24. The van der Waals surface area contributed by atoms with Crippen molar-refractivity contribution in [1.82, 2.24) is 4.90 Å². The highest BCUT2D eigenvalue weighted by Gasteiger charge is 2.40. The van der Waals surface area contributed by atoms with Gasteiger partial charge >= 0.3 is 5.97 Å². The Morgan fingerprint density at radius 2 is 2.00 bits per heavy atom. The molecule has 26 heavy (non-hydrogen) atoms. The van der Waals surface area contributed by atoms with Crippen molar-refractivity contribution in [2.75, 3.05) is 0 Å². The first kappa shape index (κ1) is 18.4. The van der Waals surface area contributed by atoms with Gasteiger partial charge in [-0.05, 0) is 69.7 Å². The maximum atomic E-state index is 13.0. The molecular weight excluding hydrogens is 333 g/mol. The lowest BCUT2D eigenvalue weighted by Gasteiger charge is -2.26. The van der Waals surface area contributed by atoms with Crippen LogP contribution in [0.5, 0.6) is 0 Å². The summed E-state index contributed by atoms with van der Waals surface area (Å²) >= 11 is 0. The predicted molar refractivity (Wildman–Crippen MR) is 96.6 cm³/mol. The molecule has 4 nitrogen and oxygen atoms in total. The van der Waals surface area contributed by atoms with Crippen LogP contribution in [0.15, 0.2) is 47.7 Å². The lowest BCUT2D eigenvalue weighted by Crippen LogP contribution is -2.28. The lowest BCUT2D eigenvalue weighted by molar-refractivity contribution is -0.146.